The predicted octanol–water partition coefficient (Wildman–Crippen LogP) is 1.80. The van der Waals surface area contributed by atoms with E-state index in [0.717, 1.165) is 5.56 Å². The normalized spacial score (nSPS) is 15.5. The lowest BCUT2D eigenvalue weighted by Crippen LogP contribution is -2.41. The number of aromatic nitrogens is 3. The maximum absolute atomic E-state index is 12.4. The Morgan fingerprint density at radius 1 is 1.10 bits per heavy atom. The molecule has 1 aliphatic heterocycles. The van der Waals surface area contributed by atoms with Crippen molar-refractivity contribution in [2.75, 3.05) is 10.6 Å². The maximum Gasteiger partial charge on any atom is 0.254 e. The van der Waals surface area contributed by atoms with Crippen LogP contribution in [0.3, 0.4) is 0 Å². The van der Waals surface area contributed by atoms with Gasteiger partial charge in [-0.1, -0.05) is 24.3 Å². The molecule has 2 aromatic carbocycles. The minimum atomic E-state index is -0.777. The van der Waals surface area contributed by atoms with Crippen molar-refractivity contribution in [3.8, 4) is 0 Å². The van der Waals surface area contributed by atoms with Gasteiger partial charge in [0.05, 0.1) is 17.8 Å². The summed E-state index contributed by atoms with van der Waals surface area (Å²) in [5.74, 6) is -0.904. The second kappa shape index (κ2) is 8.56. The summed E-state index contributed by atoms with van der Waals surface area (Å²) in [6.45, 7) is 0.590. The summed E-state index contributed by atoms with van der Waals surface area (Å²) in [5.41, 5.74) is 2.56. The number of para-hydroxylation sites is 1. The number of hydrogen-bond donors (Lipinski definition) is 3. The minimum Gasteiger partial charge on any atom is -0.340 e. The van der Waals surface area contributed by atoms with Gasteiger partial charge in [-0.05, 0) is 36.2 Å². The van der Waals surface area contributed by atoms with Gasteiger partial charge >= 0.3 is 0 Å². The monoisotopic (exact) mass is 404 g/mol. The summed E-state index contributed by atoms with van der Waals surface area (Å²) in [4.78, 5) is 40.9. The van der Waals surface area contributed by atoms with Crippen LogP contribution < -0.4 is 16.0 Å². The van der Waals surface area contributed by atoms with Crippen LogP contribution in [-0.2, 0) is 16.1 Å². The van der Waals surface area contributed by atoms with Gasteiger partial charge in [-0.15, -0.1) is 0 Å². The third kappa shape index (κ3) is 4.52. The first-order valence-corrected chi connectivity index (χ1v) is 9.50. The van der Waals surface area contributed by atoms with E-state index in [4.69, 9.17) is 0 Å². The van der Waals surface area contributed by atoms with Crippen LogP contribution in [0.15, 0.2) is 61.2 Å². The quantitative estimate of drug-likeness (QED) is 0.579. The van der Waals surface area contributed by atoms with Crippen molar-refractivity contribution >= 4 is 29.1 Å². The molecule has 9 heteroatoms. The van der Waals surface area contributed by atoms with Crippen LogP contribution in [0.2, 0.25) is 0 Å². The molecular formula is C21H20N6O3. The van der Waals surface area contributed by atoms with Crippen LogP contribution in [0.1, 0.15) is 28.8 Å². The summed E-state index contributed by atoms with van der Waals surface area (Å²) >= 11 is 0. The van der Waals surface area contributed by atoms with Crippen molar-refractivity contribution in [3.63, 3.8) is 0 Å². The molecule has 152 valence electrons. The second-order valence-electron chi connectivity index (χ2n) is 6.94. The van der Waals surface area contributed by atoms with E-state index in [9.17, 15) is 14.4 Å². The molecule has 1 atom stereocenters. The highest BCUT2D eigenvalue weighted by molar-refractivity contribution is 6.09. The zero-order chi connectivity index (χ0) is 20.9. The van der Waals surface area contributed by atoms with Gasteiger partial charge in [0.1, 0.15) is 18.7 Å². The van der Waals surface area contributed by atoms with E-state index in [1.54, 1.807) is 47.4 Å². The molecule has 0 radical (unpaired) electrons. The molecule has 0 fully saturated rings. The molecule has 0 unspecified atom stereocenters. The summed E-state index contributed by atoms with van der Waals surface area (Å²) in [6.07, 6.45) is 3.40. The van der Waals surface area contributed by atoms with Gasteiger partial charge in [0.25, 0.3) is 5.91 Å². The van der Waals surface area contributed by atoms with Crippen LogP contribution in [0.4, 0.5) is 11.4 Å². The number of rotatable bonds is 6. The molecule has 0 bridgehead atoms. The molecule has 0 saturated carbocycles. The van der Waals surface area contributed by atoms with Crippen molar-refractivity contribution in [2.24, 2.45) is 0 Å². The van der Waals surface area contributed by atoms with Gasteiger partial charge in [0.2, 0.25) is 11.8 Å². The van der Waals surface area contributed by atoms with E-state index in [1.807, 2.05) is 12.1 Å². The topological polar surface area (TPSA) is 118 Å². The first-order chi connectivity index (χ1) is 14.6. The highest BCUT2D eigenvalue weighted by atomic mass is 16.2. The fraction of sp³-hybridized carbons (Fsp3) is 0.190. The van der Waals surface area contributed by atoms with E-state index in [2.05, 4.69) is 26.0 Å². The number of carbonyl (C=O) groups excluding carboxylic acids is 3. The lowest BCUT2D eigenvalue weighted by molar-refractivity contribution is -0.118. The fourth-order valence-electron chi connectivity index (χ4n) is 3.21. The molecule has 30 heavy (non-hydrogen) atoms. The average Bonchev–Trinajstić information content (AvgIpc) is 3.21. The number of nitrogens with one attached hydrogen (secondary N) is 3. The third-order valence-corrected chi connectivity index (χ3v) is 4.76. The molecule has 3 aromatic rings. The summed E-state index contributed by atoms with van der Waals surface area (Å²) in [6, 6.07) is 13.4. The van der Waals surface area contributed by atoms with Crippen molar-refractivity contribution < 1.29 is 14.4 Å². The lowest BCUT2D eigenvalue weighted by Gasteiger charge is -2.14. The Hall–Kier alpha value is -4.01. The van der Waals surface area contributed by atoms with Crippen molar-refractivity contribution in [1.82, 2.24) is 20.1 Å². The van der Waals surface area contributed by atoms with Gasteiger partial charge in [0.15, 0.2) is 0 Å². The van der Waals surface area contributed by atoms with E-state index < -0.39 is 6.04 Å². The lowest BCUT2D eigenvalue weighted by atomic mass is 10.1. The Morgan fingerprint density at radius 3 is 2.67 bits per heavy atom. The van der Waals surface area contributed by atoms with Crippen LogP contribution in [-0.4, -0.2) is 38.5 Å². The first kappa shape index (κ1) is 19.3. The van der Waals surface area contributed by atoms with Gasteiger partial charge < -0.3 is 16.0 Å². The summed E-state index contributed by atoms with van der Waals surface area (Å²) in [7, 11) is 0. The SMILES string of the molecule is O=C(CC[C@H]1NC(=O)c2ccccc2NC1=O)Nc1ccc(Cn2cncn2)cc1. The molecule has 1 aromatic heterocycles. The molecule has 2 heterocycles. The number of anilines is 2. The number of benzene rings is 2. The summed E-state index contributed by atoms with van der Waals surface area (Å²) < 4.78 is 1.71. The van der Waals surface area contributed by atoms with E-state index in [1.165, 1.54) is 6.33 Å². The van der Waals surface area contributed by atoms with E-state index in [0.29, 0.717) is 23.5 Å². The van der Waals surface area contributed by atoms with Crippen LogP contribution >= 0.6 is 0 Å². The molecular weight excluding hydrogens is 384 g/mol. The fourth-order valence-corrected chi connectivity index (χ4v) is 3.21. The van der Waals surface area contributed by atoms with Crippen LogP contribution in [0, 0.1) is 0 Å². The van der Waals surface area contributed by atoms with Gasteiger partial charge in [0, 0.05) is 12.1 Å². The number of carbonyl (C=O) groups is 3. The molecule has 3 N–H and O–H groups in total. The Balaban J connectivity index is 1.30. The summed E-state index contributed by atoms with van der Waals surface area (Å²) in [5, 5.41) is 12.3. The zero-order valence-electron chi connectivity index (χ0n) is 16.0. The van der Waals surface area contributed by atoms with Gasteiger partial charge in [-0.2, -0.15) is 5.10 Å². The second-order valence-corrected chi connectivity index (χ2v) is 6.94. The minimum absolute atomic E-state index is 0.0927. The van der Waals surface area contributed by atoms with Gasteiger partial charge in [-0.3, -0.25) is 14.4 Å². The molecule has 1 aliphatic rings. The highest BCUT2D eigenvalue weighted by Gasteiger charge is 2.27. The van der Waals surface area contributed by atoms with Crippen LogP contribution in [0.5, 0.6) is 0 Å². The average molecular weight is 404 g/mol. The standard InChI is InChI=1S/C21H20N6O3/c28-19(24-15-7-5-14(6-8-15)11-27-13-22-12-23-27)10-9-18-21(30)25-17-4-2-1-3-16(17)20(29)26-18/h1-8,12-13,18H,9-11H2,(H,24,28)(H,25,30)(H,26,29)/t18-/m1/s1. The van der Waals surface area contributed by atoms with Crippen molar-refractivity contribution in [3.05, 3.63) is 72.3 Å². The number of hydrogen-bond acceptors (Lipinski definition) is 5. The van der Waals surface area contributed by atoms with Gasteiger partial charge in [-0.25, -0.2) is 9.67 Å². The number of fused-ring (bicyclic) bond motifs is 1. The van der Waals surface area contributed by atoms with E-state index in [-0.39, 0.29) is 30.6 Å². The molecule has 4 rings (SSSR count). The number of nitrogens with zero attached hydrogens (tertiary/aromatic N) is 3. The molecule has 3 amide bonds. The van der Waals surface area contributed by atoms with Crippen LogP contribution in [0.25, 0.3) is 0 Å². The largest absolute Gasteiger partial charge is 0.340 e. The number of amides is 3. The predicted molar refractivity (Wildman–Crippen MR) is 110 cm³/mol. The van der Waals surface area contributed by atoms with Crippen molar-refractivity contribution in [2.45, 2.75) is 25.4 Å². The Morgan fingerprint density at radius 2 is 1.90 bits per heavy atom. The Labute approximate surface area is 172 Å². The Kier molecular flexibility index (Phi) is 5.51. The third-order valence-electron chi connectivity index (χ3n) is 4.76. The molecule has 9 nitrogen and oxygen atoms in total. The smallest absolute Gasteiger partial charge is 0.254 e. The van der Waals surface area contributed by atoms with Crippen molar-refractivity contribution in [1.29, 1.82) is 0 Å². The molecule has 0 saturated heterocycles. The Bertz CT molecular complexity index is 1060. The first-order valence-electron chi connectivity index (χ1n) is 9.50. The molecule has 0 aliphatic carbocycles. The molecule has 0 spiro atoms. The highest BCUT2D eigenvalue weighted by Crippen LogP contribution is 2.19. The van der Waals surface area contributed by atoms with E-state index >= 15 is 0 Å². The zero-order valence-corrected chi connectivity index (χ0v) is 16.0. The maximum atomic E-state index is 12.4.